The molecule has 2 N–H and O–H groups in total. The maximum atomic E-state index is 12.4. The van der Waals surface area contributed by atoms with E-state index in [1.54, 1.807) is 0 Å². The van der Waals surface area contributed by atoms with E-state index in [9.17, 15) is 4.79 Å². The number of carbonyl (C=O) groups excluding carboxylic acids is 1. The maximum Gasteiger partial charge on any atom is 0.229 e. The van der Waals surface area contributed by atoms with Gasteiger partial charge in [0.1, 0.15) is 0 Å². The Balaban J connectivity index is 1.82. The molecule has 3 fully saturated rings. The number of likely N-dealkylation sites (tertiary alicyclic amines) is 1. The lowest BCUT2D eigenvalue weighted by Crippen LogP contribution is -2.52. The smallest absolute Gasteiger partial charge is 0.229 e. The van der Waals surface area contributed by atoms with Crippen LogP contribution in [-0.2, 0) is 4.79 Å². The van der Waals surface area contributed by atoms with E-state index >= 15 is 0 Å². The first-order valence-corrected chi connectivity index (χ1v) is 6.15. The van der Waals surface area contributed by atoms with E-state index in [1.165, 1.54) is 12.8 Å². The van der Waals surface area contributed by atoms with E-state index in [1.807, 2.05) is 0 Å². The first-order chi connectivity index (χ1) is 7.12. The summed E-state index contributed by atoms with van der Waals surface area (Å²) in [6, 6.07) is 0. The summed E-state index contributed by atoms with van der Waals surface area (Å²) in [4.78, 5) is 14.5. The Morgan fingerprint density at radius 3 is 2.87 bits per heavy atom. The molecule has 3 rings (SSSR count). The summed E-state index contributed by atoms with van der Waals surface area (Å²) in [5, 5.41) is 0. The van der Waals surface area contributed by atoms with Crippen molar-refractivity contribution in [2.45, 2.75) is 44.6 Å². The summed E-state index contributed by atoms with van der Waals surface area (Å²) in [5.74, 6) is 1.10. The zero-order chi connectivity index (χ0) is 10.7. The van der Waals surface area contributed by atoms with E-state index in [4.69, 9.17) is 5.73 Å². The average Bonchev–Trinajstić information content (AvgIpc) is 3.11. The minimum Gasteiger partial charge on any atom is -0.335 e. The maximum absolute atomic E-state index is 12.4. The molecule has 3 aliphatic rings. The fourth-order valence-corrected chi connectivity index (χ4v) is 3.18. The van der Waals surface area contributed by atoms with Crippen molar-refractivity contribution >= 4 is 5.91 Å². The predicted molar refractivity (Wildman–Crippen MR) is 58.2 cm³/mol. The van der Waals surface area contributed by atoms with Crippen LogP contribution in [0.25, 0.3) is 0 Å². The largest absolute Gasteiger partial charge is 0.335 e. The van der Waals surface area contributed by atoms with E-state index in [0.717, 1.165) is 25.8 Å². The minimum atomic E-state index is -0.0212. The van der Waals surface area contributed by atoms with E-state index in [0.29, 0.717) is 18.4 Å². The Morgan fingerprint density at radius 2 is 2.27 bits per heavy atom. The molecule has 0 radical (unpaired) electrons. The van der Waals surface area contributed by atoms with Crippen molar-refractivity contribution in [1.29, 1.82) is 0 Å². The number of hydrogen-bond acceptors (Lipinski definition) is 2. The van der Waals surface area contributed by atoms with Crippen LogP contribution in [0.2, 0.25) is 0 Å². The van der Waals surface area contributed by atoms with Crippen LogP contribution >= 0.6 is 0 Å². The number of piperidine rings is 1. The van der Waals surface area contributed by atoms with Crippen LogP contribution < -0.4 is 5.73 Å². The number of nitrogens with two attached hydrogens (primary N) is 1. The van der Waals surface area contributed by atoms with Crippen LogP contribution in [0.15, 0.2) is 0 Å². The molecule has 84 valence electrons. The number of rotatable bonds is 2. The van der Waals surface area contributed by atoms with Gasteiger partial charge in [-0.1, -0.05) is 6.92 Å². The van der Waals surface area contributed by atoms with Gasteiger partial charge < -0.3 is 10.6 Å². The van der Waals surface area contributed by atoms with Gasteiger partial charge in [-0.25, -0.2) is 0 Å². The highest BCUT2D eigenvalue weighted by Crippen LogP contribution is 2.57. The zero-order valence-electron chi connectivity index (χ0n) is 9.46. The summed E-state index contributed by atoms with van der Waals surface area (Å²) >= 11 is 0. The van der Waals surface area contributed by atoms with Gasteiger partial charge in [0.05, 0.1) is 5.54 Å². The standard InChI is InChI=1S/C12H20N2O/c1-11(4-5-11)10(15)14-6-2-3-9-7-12(9,14)8-13/h9H,2-8,13H2,1H3. The Kier molecular flexibility index (Phi) is 1.77. The van der Waals surface area contributed by atoms with Gasteiger partial charge in [0.25, 0.3) is 0 Å². The minimum absolute atomic E-state index is 0.0212. The van der Waals surface area contributed by atoms with Crippen LogP contribution in [0.3, 0.4) is 0 Å². The monoisotopic (exact) mass is 208 g/mol. The molecule has 0 aromatic carbocycles. The van der Waals surface area contributed by atoms with Crippen molar-refractivity contribution in [3.05, 3.63) is 0 Å². The molecule has 2 atom stereocenters. The summed E-state index contributed by atoms with van der Waals surface area (Å²) in [6.45, 7) is 3.72. The van der Waals surface area contributed by atoms with Gasteiger partial charge in [-0.15, -0.1) is 0 Å². The lowest BCUT2D eigenvalue weighted by Gasteiger charge is -2.37. The van der Waals surface area contributed by atoms with Crippen molar-refractivity contribution in [2.24, 2.45) is 17.1 Å². The highest BCUT2D eigenvalue weighted by Gasteiger charge is 2.62. The van der Waals surface area contributed by atoms with Crippen LogP contribution in [0.4, 0.5) is 0 Å². The van der Waals surface area contributed by atoms with Crippen molar-refractivity contribution in [3.63, 3.8) is 0 Å². The third-order valence-electron chi connectivity index (χ3n) is 4.79. The Morgan fingerprint density at radius 1 is 1.53 bits per heavy atom. The molecular weight excluding hydrogens is 188 g/mol. The van der Waals surface area contributed by atoms with Crippen LogP contribution in [0, 0.1) is 11.3 Å². The first kappa shape index (κ1) is 9.64. The summed E-state index contributed by atoms with van der Waals surface area (Å²) in [7, 11) is 0. The second-order valence-corrected chi connectivity index (χ2v) is 5.87. The van der Waals surface area contributed by atoms with Gasteiger partial charge in [-0.2, -0.15) is 0 Å². The second-order valence-electron chi connectivity index (χ2n) is 5.87. The molecule has 1 amide bonds. The molecule has 2 aliphatic carbocycles. The summed E-state index contributed by atoms with van der Waals surface area (Å²) in [5.41, 5.74) is 5.94. The molecular formula is C12H20N2O. The third-order valence-corrected chi connectivity index (χ3v) is 4.79. The second kappa shape index (κ2) is 2.76. The van der Waals surface area contributed by atoms with Crippen molar-refractivity contribution in [1.82, 2.24) is 4.90 Å². The lowest BCUT2D eigenvalue weighted by molar-refractivity contribution is -0.141. The topological polar surface area (TPSA) is 46.3 Å². The van der Waals surface area contributed by atoms with Gasteiger partial charge in [0.15, 0.2) is 0 Å². The fraction of sp³-hybridized carbons (Fsp3) is 0.917. The first-order valence-electron chi connectivity index (χ1n) is 6.15. The quantitative estimate of drug-likeness (QED) is 0.739. The molecule has 0 bridgehead atoms. The third kappa shape index (κ3) is 1.19. The molecule has 15 heavy (non-hydrogen) atoms. The Labute approximate surface area is 91.0 Å². The average molecular weight is 208 g/mol. The van der Waals surface area contributed by atoms with Crippen molar-refractivity contribution < 1.29 is 4.79 Å². The van der Waals surface area contributed by atoms with Gasteiger partial charge in [0, 0.05) is 18.5 Å². The van der Waals surface area contributed by atoms with Crippen molar-refractivity contribution in [2.75, 3.05) is 13.1 Å². The molecule has 0 aromatic rings. The van der Waals surface area contributed by atoms with E-state index in [-0.39, 0.29) is 11.0 Å². The molecule has 3 nitrogen and oxygen atoms in total. The SMILES string of the molecule is CC1(C(=O)N2CCCC3CC32CN)CC1. The number of fused-ring (bicyclic) bond motifs is 1. The summed E-state index contributed by atoms with van der Waals surface area (Å²) < 4.78 is 0. The number of nitrogens with zero attached hydrogens (tertiary/aromatic N) is 1. The normalized spacial score (nSPS) is 40.9. The predicted octanol–water partition coefficient (Wildman–Crippen LogP) is 1.13. The van der Waals surface area contributed by atoms with Crippen LogP contribution in [0.5, 0.6) is 0 Å². The Bertz CT molecular complexity index is 311. The number of amides is 1. The van der Waals surface area contributed by atoms with E-state index in [2.05, 4.69) is 11.8 Å². The Hall–Kier alpha value is -0.570. The number of carbonyl (C=O) groups is 1. The molecule has 0 aromatic heterocycles. The molecule has 2 unspecified atom stereocenters. The van der Waals surface area contributed by atoms with Crippen molar-refractivity contribution in [3.8, 4) is 0 Å². The molecule has 0 spiro atoms. The van der Waals surface area contributed by atoms with Crippen LogP contribution in [-0.4, -0.2) is 29.4 Å². The van der Waals surface area contributed by atoms with E-state index < -0.39 is 0 Å². The van der Waals surface area contributed by atoms with Gasteiger partial charge in [-0.05, 0) is 38.0 Å². The molecule has 1 aliphatic heterocycles. The van der Waals surface area contributed by atoms with Gasteiger partial charge in [0.2, 0.25) is 5.91 Å². The fourth-order valence-electron chi connectivity index (χ4n) is 3.18. The highest BCUT2D eigenvalue weighted by atomic mass is 16.2. The number of hydrogen-bond donors (Lipinski definition) is 1. The zero-order valence-corrected chi connectivity index (χ0v) is 9.46. The van der Waals surface area contributed by atoms with Crippen LogP contribution in [0.1, 0.15) is 39.0 Å². The molecule has 1 heterocycles. The molecule has 3 heteroatoms. The van der Waals surface area contributed by atoms with Gasteiger partial charge >= 0.3 is 0 Å². The molecule has 2 saturated carbocycles. The highest BCUT2D eigenvalue weighted by molar-refractivity contribution is 5.86. The van der Waals surface area contributed by atoms with Gasteiger partial charge in [-0.3, -0.25) is 4.79 Å². The lowest BCUT2D eigenvalue weighted by atomic mass is 9.98. The molecule has 1 saturated heterocycles. The summed E-state index contributed by atoms with van der Waals surface area (Å²) in [6.07, 6.45) is 5.76.